The average Bonchev–Trinajstić information content (AvgIpc) is 2.29. The second kappa shape index (κ2) is 5.09. The standard InChI is InChI=1S/C10H12N2O3/c1-12(7-9(13)15-2)10(14)8-3-5-11-6-4-8/h3-6H,7H2,1-2H3. The third kappa shape index (κ3) is 3.05. The molecule has 0 aliphatic rings. The molecule has 1 aromatic heterocycles. The quantitative estimate of drug-likeness (QED) is 0.671. The maximum atomic E-state index is 11.7. The summed E-state index contributed by atoms with van der Waals surface area (Å²) in [7, 11) is 2.83. The van der Waals surface area contributed by atoms with E-state index in [0.717, 1.165) is 0 Å². The van der Waals surface area contributed by atoms with Crippen LogP contribution in [0.3, 0.4) is 0 Å². The van der Waals surface area contributed by atoms with E-state index in [9.17, 15) is 9.59 Å². The number of pyridine rings is 1. The van der Waals surface area contributed by atoms with Gasteiger partial charge in [0.1, 0.15) is 6.54 Å². The smallest absolute Gasteiger partial charge is 0.325 e. The summed E-state index contributed by atoms with van der Waals surface area (Å²) in [5.41, 5.74) is 0.497. The van der Waals surface area contributed by atoms with Gasteiger partial charge >= 0.3 is 5.97 Å². The number of nitrogens with zero attached hydrogens (tertiary/aromatic N) is 2. The number of amides is 1. The van der Waals surface area contributed by atoms with Crippen LogP contribution in [-0.4, -0.2) is 42.5 Å². The minimum atomic E-state index is -0.445. The molecule has 0 aromatic carbocycles. The van der Waals surface area contributed by atoms with E-state index in [0.29, 0.717) is 5.56 Å². The first kappa shape index (κ1) is 11.2. The van der Waals surface area contributed by atoms with Gasteiger partial charge < -0.3 is 9.64 Å². The molecule has 0 aliphatic carbocycles. The summed E-state index contributed by atoms with van der Waals surface area (Å²) >= 11 is 0. The second-order valence-electron chi connectivity index (χ2n) is 2.97. The lowest BCUT2D eigenvalue weighted by molar-refractivity contribution is -0.141. The first-order valence-corrected chi connectivity index (χ1v) is 4.37. The molecule has 15 heavy (non-hydrogen) atoms. The van der Waals surface area contributed by atoms with Crippen LogP contribution in [0, 0.1) is 0 Å². The molecule has 0 spiro atoms. The zero-order valence-electron chi connectivity index (χ0n) is 8.64. The molecule has 1 amide bonds. The predicted octanol–water partition coefficient (Wildman–Crippen LogP) is 0.327. The highest BCUT2D eigenvalue weighted by atomic mass is 16.5. The zero-order chi connectivity index (χ0) is 11.3. The van der Waals surface area contributed by atoms with Crippen molar-refractivity contribution >= 4 is 11.9 Å². The summed E-state index contributed by atoms with van der Waals surface area (Å²) in [6.45, 7) is -0.0579. The Morgan fingerprint density at radius 1 is 1.40 bits per heavy atom. The summed E-state index contributed by atoms with van der Waals surface area (Å²) in [6.07, 6.45) is 3.05. The van der Waals surface area contributed by atoms with Gasteiger partial charge in [-0.25, -0.2) is 0 Å². The van der Waals surface area contributed by atoms with E-state index in [4.69, 9.17) is 0 Å². The SMILES string of the molecule is COC(=O)CN(C)C(=O)c1ccncc1. The third-order valence-corrected chi connectivity index (χ3v) is 1.87. The number of carbonyl (C=O) groups excluding carboxylic acids is 2. The maximum absolute atomic E-state index is 11.7. The summed E-state index contributed by atoms with van der Waals surface area (Å²) in [4.78, 5) is 27.7. The molecule has 0 N–H and O–H groups in total. The van der Waals surface area contributed by atoms with Gasteiger partial charge in [0.2, 0.25) is 0 Å². The van der Waals surface area contributed by atoms with E-state index in [1.807, 2.05) is 0 Å². The van der Waals surface area contributed by atoms with Crippen LogP contribution in [0.5, 0.6) is 0 Å². The van der Waals surface area contributed by atoms with Crippen molar-refractivity contribution in [3.8, 4) is 0 Å². The second-order valence-corrected chi connectivity index (χ2v) is 2.97. The fourth-order valence-corrected chi connectivity index (χ4v) is 1.04. The van der Waals surface area contributed by atoms with E-state index >= 15 is 0 Å². The predicted molar refractivity (Wildman–Crippen MR) is 53.2 cm³/mol. The van der Waals surface area contributed by atoms with E-state index in [1.54, 1.807) is 19.2 Å². The molecular formula is C10H12N2O3. The average molecular weight is 208 g/mol. The Balaban J connectivity index is 2.65. The number of ether oxygens (including phenoxy) is 1. The molecule has 5 nitrogen and oxygen atoms in total. The molecule has 0 aliphatic heterocycles. The number of esters is 1. The molecule has 0 saturated carbocycles. The molecule has 0 atom stereocenters. The molecule has 0 saturated heterocycles. The number of hydrogen-bond acceptors (Lipinski definition) is 4. The fourth-order valence-electron chi connectivity index (χ4n) is 1.04. The van der Waals surface area contributed by atoms with Crippen LogP contribution in [-0.2, 0) is 9.53 Å². The Morgan fingerprint density at radius 3 is 2.53 bits per heavy atom. The number of carbonyl (C=O) groups is 2. The lowest BCUT2D eigenvalue weighted by atomic mass is 10.2. The molecule has 1 heterocycles. The zero-order valence-corrected chi connectivity index (χ0v) is 8.64. The Labute approximate surface area is 87.7 Å². The lowest BCUT2D eigenvalue weighted by Crippen LogP contribution is -2.32. The van der Waals surface area contributed by atoms with E-state index in [2.05, 4.69) is 9.72 Å². The highest BCUT2D eigenvalue weighted by Gasteiger charge is 2.14. The topological polar surface area (TPSA) is 59.5 Å². The maximum Gasteiger partial charge on any atom is 0.325 e. The van der Waals surface area contributed by atoms with Crippen LogP contribution in [0.15, 0.2) is 24.5 Å². The van der Waals surface area contributed by atoms with Gasteiger partial charge in [0.05, 0.1) is 7.11 Å². The number of hydrogen-bond donors (Lipinski definition) is 0. The third-order valence-electron chi connectivity index (χ3n) is 1.87. The van der Waals surface area contributed by atoms with Crippen LogP contribution < -0.4 is 0 Å². The van der Waals surface area contributed by atoms with Crippen LogP contribution >= 0.6 is 0 Å². The van der Waals surface area contributed by atoms with Gasteiger partial charge in [-0.05, 0) is 12.1 Å². The van der Waals surface area contributed by atoms with Crippen molar-refractivity contribution in [2.45, 2.75) is 0 Å². The number of likely N-dealkylation sites (N-methyl/N-ethyl adjacent to an activating group) is 1. The van der Waals surface area contributed by atoms with Gasteiger partial charge in [0.15, 0.2) is 0 Å². The van der Waals surface area contributed by atoms with Crippen LogP contribution in [0.25, 0.3) is 0 Å². The highest BCUT2D eigenvalue weighted by Crippen LogP contribution is 2.01. The first-order valence-electron chi connectivity index (χ1n) is 4.37. The van der Waals surface area contributed by atoms with Gasteiger partial charge in [0.25, 0.3) is 5.91 Å². The summed E-state index contributed by atoms with van der Waals surface area (Å²) in [6, 6.07) is 3.19. The number of rotatable bonds is 3. The van der Waals surface area contributed by atoms with E-state index < -0.39 is 5.97 Å². The minimum Gasteiger partial charge on any atom is -0.468 e. The number of methoxy groups -OCH3 is 1. The van der Waals surface area contributed by atoms with Crippen molar-refractivity contribution in [1.29, 1.82) is 0 Å². The summed E-state index contributed by atoms with van der Waals surface area (Å²) < 4.78 is 4.46. The van der Waals surface area contributed by atoms with Crippen molar-refractivity contribution in [2.24, 2.45) is 0 Å². The Bertz CT molecular complexity index is 351. The van der Waals surface area contributed by atoms with Crippen molar-refractivity contribution in [3.63, 3.8) is 0 Å². The molecule has 0 bridgehead atoms. The first-order chi connectivity index (χ1) is 7.15. The molecule has 5 heteroatoms. The Morgan fingerprint density at radius 2 is 2.00 bits per heavy atom. The fraction of sp³-hybridized carbons (Fsp3) is 0.300. The van der Waals surface area contributed by atoms with Gasteiger partial charge in [-0.2, -0.15) is 0 Å². The summed E-state index contributed by atoms with van der Waals surface area (Å²) in [5.74, 6) is -0.678. The van der Waals surface area contributed by atoms with Gasteiger partial charge in [-0.1, -0.05) is 0 Å². The van der Waals surface area contributed by atoms with Gasteiger partial charge in [-0.15, -0.1) is 0 Å². The molecular weight excluding hydrogens is 196 g/mol. The van der Waals surface area contributed by atoms with Gasteiger partial charge in [0, 0.05) is 25.0 Å². The molecule has 0 fully saturated rings. The Kier molecular flexibility index (Phi) is 3.79. The number of aromatic nitrogens is 1. The largest absolute Gasteiger partial charge is 0.468 e. The normalized spacial score (nSPS) is 9.47. The van der Waals surface area contributed by atoms with Crippen molar-refractivity contribution < 1.29 is 14.3 Å². The van der Waals surface area contributed by atoms with Crippen LogP contribution in [0.1, 0.15) is 10.4 Å². The summed E-state index contributed by atoms with van der Waals surface area (Å²) in [5, 5.41) is 0. The Hall–Kier alpha value is -1.91. The molecule has 0 radical (unpaired) electrons. The van der Waals surface area contributed by atoms with E-state index in [-0.39, 0.29) is 12.5 Å². The minimum absolute atomic E-state index is 0.0579. The van der Waals surface area contributed by atoms with Crippen LogP contribution in [0.2, 0.25) is 0 Å². The molecule has 1 rings (SSSR count). The molecule has 1 aromatic rings. The lowest BCUT2D eigenvalue weighted by Gasteiger charge is -2.15. The highest BCUT2D eigenvalue weighted by molar-refractivity contribution is 5.95. The monoisotopic (exact) mass is 208 g/mol. The van der Waals surface area contributed by atoms with Crippen LogP contribution in [0.4, 0.5) is 0 Å². The van der Waals surface area contributed by atoms with Crippen molar-refractivity contribution in [2.75, 3.05) is 20.7 Å². The molecule has 80 valence electrons. The van der Waals surface area contributed by atoms with Crippen molar-refractivity contribution in [1.82, 2.24) is 9.88 Å². The molecule has 0 unspecified atom stereocenters. The van der Waals surface area contributed by atoms with Gasteiger partial charge in [-0.3, -0.25) is 14.6 Å². The van der Waals surface area contributed by atoms with E-state index in [1.165, 1.54) is 24.4 Å². The van der Waals surface area contributed by atoms with Crippen molar-refractivity contribution in [3.05, 3.63) is 30.1 Å².